The van der Waals surface area contributed by atoms with E-state index < -0.39 is 0 Å². The van der Waals surface area contributed by atoms with E-state index >= 15 is 0 Å². The van der Waals surface area contributed by atoms with E-state index in [1.165, 1.54) is 6.20 Å². The van der Waals surface area contributed by atoms with Gasteiger partial charge in [0.1, 0.15) is 11.6 Å². The summed E-state index contributed by atoms with van der Waals surface area (Å²) >= 11 is 0. The zero-order valence-corrected chi connectivity index (χ0v) is 10.00. The first-order valence-electron chi connectivity index (χ1n) is 5.54. The van der Waals surface area contributed by atoms with Crippen molar-refractivity contribution in [2.75, 3.05) is 0 Å². The van der Waals surface area contributed by atoms with E-state index in [0.29, 0.717) is 28.6 Å². The molecule has 2 rings (SSSR count). The van der Waals surface area contributed by atoms with Crippen LogP contribution in [-0.4, -0.2) is 20.2 Å². The first-order valence-corrected chi connectivity index (χ1v) is 5.54. The van der Waals surface area contributed by atoms with Gasteiger partial charge in [-0.3, -0.25) is 0 Å². The highest BCUT2D eigenvalue weighted by atomic mass is 16.5. The zero-order chi connectivity index (χ0) is 13.0. The number of aliphatic hydroxyl groups excluding tert-OH is 2. The lowest BCUT2D eigenvalue weighted by Crippen LogP contribution is -2.00. The summed E-state index contributed by atoms with van der Waals surface area (Å²) in [6, 6.07) is 7.13. The fourth-order valence-corrected chi connectivity index (χ4v) is 1.51. The lowest BCUT2D eigenvalue weighted by Gasteiger charge is -2.11. The molecular formula is C13H14N2O3. The molecule has 0 saturated heterocycles. The smallest absolute Gasteiger partial charge is 0.228 e. The maximum Gasteiger partial charge on any atom is 0.228 e. The summed E-state index contributed by atoms with van der Waals surface area (Å²) < 4.78 is 5.63. The topological polar surface area (TPSA) is 75.5 Å². The number of hydrogen-bond donors (Lipinski definition) is 2. The second-order valence-corrected chi connectivity index (χ2v) is 3.77. The lowest BCUT2D eigenvalue weighted by molar-refractivity contribution is 0.268. The van der Waals surface area contributed by atoms with Crippen molar-refractivity contribution in [1.29, 1.82) is 0 Å². The third-order valence-corrected chi connectivity index (χ3v) is 2.47. The van der Waals surface area contributed by atoms with Gasteiger partial charge >= 0.3 is 0 Å². The number of para-hydroxylation sites is 1. The van der Waals surface area contributed by atoms with Gasteiger partial charge in [-0.25, -0.2) is 4.98 Å². The normalized spacial score (nSPS) is 10.4. The number of aryl methyl sites for hydroxylation is 1. The highest BCUT2D eigenvalue weighted by molar-refractivity contribution is 5.37. The van der Waals surface area contributed by atoms with Gasteiger partial charge in [0.05, 0.1) is 18.8 Å². The molecule has 2 aromatic rings. The molecule has 0 fully saturated rings. The van der Waals surface area contributed by atoms with Crippen LogP contribution < -0.4 is 4.74 Å². The molecule has 5 nitrogen and oxygen atoms in total. The largest absolute Gasteiger partial charge is 0.438 e. The van der Waals surface area contributed by atoms with Gasteiger partial charge in [-0.2, -0.15) is 4.98 Å². The average molecular weight is 246 g/mol. The molecule has 0 aliphatic heterocycles. The lowest BCUT2D eigenvalue weighted by atomic mass is 10.2. The molecule has 0 saturated carbocycles. The van der Waals surface area contributed by atoms with Crippen LogP contribution in [0.4, 0.5) is 0 Å². The van der Waals surface area contributed by atoms with Crippen molar-refractivity contribution in [3.05, 3.63) is 47.4 Å². The molecule has 0 unspecified atom stereocenters. The Kier molecular flexibility index (Phi) is 3.86. The summed E-state index contributed by atoms with van der Waals surface area (Å²) in [6.07, 6.45) is 1.53. The van der Waals surface area contributed by atoms with Crippen LogP contribution in [0.1, 0.15) is 17.0 Å². The van der Waals surface area contributed by atoms with E-state index in [2.05, 4.69) is 9.97 Å². The molecule has 0 atom stereocenters. The minimum Gasteiger partial charge on any atom is -0.438 e. The van der Waals surface area contributed by atoms with Gasteiger partial charge in [-0.05, 0) is 13.0 Å². The van der Waals surface area contributed by atoms with Crippen molar-refractivity contribution in [1.82, 2.24) is 9.97 Å². The Bertz CT molecular complexity index is 544. The van der Waals surface area contributed by atoms with Crippen LogP contribution in [0, 0.1) is 6.92 Å². The van der Waals surface area contributed by atoms with Crippen molar-refractivity contribution in [3.8, 4) is 11.6 Å². The molecule has 18 heavy (non-hydrogen) atoms. The summed E-state index contributed by atoms with van der Waals surface area (Å²) in [5, 5.41) is 18.4. The molecule has 0 amide bonds. The minimum atomic E-state index is -0.198. The van der Waals surface area contributed by atoms with E-state index in [1.807, 2.05) is 6.07 Å². The molecule has 0 spiro atoms. The third-order valence-electron chi connectivity index (χ3n) is 2.47. The molecule has 2 N–H and O–H groups in total. The van der Waals surface area contributed by atoms with Gasteiger partial charge in [-0.1, -0.05) is 18.2 Å². The summed E-state index contributed by atoms with van der Waals surface area (Å²) in [7, 11) is 0. The third kappa shape index (κ3) is 2.64. The van der Waals surface area contributed by atoms with Crippen LogP contribution in [0.5, 0.6) is 11.6 Å². The summed E-state index contributed by atoms with van der Waals surface area (Å²) in [5.74, 6) is 1.39. The number of aromatic nitrogens is 2. The number of hydrogen-bond acceptors (Lipinski definition) is 5. The number of benzene rings is 1. The first-order chi connectivity index (χ1) is 8.74. The first kappa shape index (κ1) is 12.5. The molecule has 0 bridgehead atoms. The molecule has 5 heteroatoms. The maximum absolute atomic E-state index is 9.22. The summed E-state index contributed by atoms with van der Waals surface area (Å²) in [4.78, 5) is 8.13. The number of nitrogens with zero attached hydrogens (tertiary/aromatic N) is 2. The van der Waals surface area contributed by atoms with Gasteiger partial charge in [0.15, 0.2) is 0 Å². The van der Waals surface area contributed by atoms with Crippen molar-refractivity contribution >= 4 is 0 Å². The van der Waals surface area contributed by atoms with Gasteiger partial charge in [0.2, 0.25) is 5.88 Å². The van der Waals surface area contributed by atoms with Crippen molar-refractivity contribution < 1.29 is 14.9 Å². The molecule has 0 radical (unpaired) electrons. The fraction of sp³-hybridized carbons (Fsp3) is 0.231. The Labute approximate surface area is 105 Å². The van der Waals surface area contributed by atoms with E-state index in [1.54, 1.807) is 25.1 Å². The second-order valence-electron chi connectivity index (χ2n) is 3.77. The summed E-state index contributed by atoms with van der Waals surface area (Å²) in [5.41, 5.74) is 1.17. The van der Waals surface area contributed by atoms with Crippen LogP contribution in [0.15, 0.2) is 30.5 Å². The Morgan fingerprint density at radius 2 is 1.83 bits per heavy atom. The Balaban J connectivity index is 2.36. The minimum absolute atomic E-state index is 0.116. The quantitative estimate of drug-likeness (QED) is 0.856. The van der Waals surface area contributed by atoms with Gasteiger partial charge in [-0.15, -0.1) is 0 Å². The molecule has 1 aromatic carbocycles. The molecule has 1 heterocycles. The monoisotopic (exact) mass is 246 g/mol. The van der Waals surface area contributed by atoms with Crippen molar-refractivity contribution in [2.45, 2.75) is 20.1 Å². The van der Waals surface area contributed by atoms with Crippen molar-refractivity contribution in [2.24, 2.45) is 0 Å². The van der Waals surface area contributed by atoms with Crippen LogP contribution in [-0.2, 0) is 13.2 Å². The Hall–Kier alpha value is -1.98. The molecule has 0 aliphatic rings. The van der Waals surface area contributed by atoms with E-state index in [4.69, 9.17) is 4.74 Å². The van der Waals surface area contributed by atoms with E-state index in [-0.39, 0.29) is 13.2 Å². The number of ether oxygens (including phenoxy) is 1. The highest BCUT2D eigenvalue weighted by Crippen LogP contribution is 2.26. The zero-order valence-electron chi connectivity index (χ0n) is 10.00. The van der Waals surface area contributed by atoms with Crippen LogP contribution >= 0.6 is 0 Å². The molecular weight excluding hydrogens is 232 g/mol. The fourth-order valence-electron chi connectivity index (χ4n) is 1.51. The van der Waals surface area contributed by atoms with Gasteiger partial charge < -0.3 is 14.9 Å². The molecule has 94 valence electrons. The predicted octanol–water partition coefficient (Wildman–Crippen LogP) is 1.56. The predicted molar refractivity (Wildman–Crippen MR) is 65.1 cm³/mol. The summed E-state index contributed by atoms with van der Waals surface area (Å²) in [6.45, 7) is 1.43. The van der Waals surface area contributed by atoms with Gasteiger partial charge in [0.25, 0.3) is 0 Å². The number of rotatable bonds is 4. The van der Waals surface area contributed by atoms with Crippen LogP contribution in [0.3, 0.4) is 0 Å². The second kappa shape index (κ2) is 5.57. The highest BCUT2D eigenvalue weighted by Gasteiger charge is 2.09. The average Bonchev–Trinajstić information content (AvgIpc) is 2.40. The van der Waals surface area contributed by atoms with Gasteiger partial charge in [0, 0.05) is 11.8 Å². The van der Waals surface area contributed by atoms with Crippen LogP contribution in [0.2, 0.25) is 0 Å². The number of aliphatic hydroxyl groups is 2. The Morgan fingerprint density at radius 3 is 2.56 bits per heavy atom. The van der Waals surface area contributed by atoms with E-state index in [0.717, 1.165) is 0 Å². The maximum atomic E-state index is 9.22. The van der Waals surface area contributed by atoms with Crippen molar-refractivity contribution in [3.63, 3.8) is 0 Å². The molecule has 1 aromatic heterocycles. The standard InChI is InChI=1S/C13H14N2O3/c1-9-14-6-11(8-17)13(15-9)18-12-5-3-2-4-10(12)7-16/h2-6,16-17H,7-8H2,1H3. The Morgan fingerprint density at radius 1 is 1.11 bits per heavy atom. The van der Waals surface area contributed by atoms with E-state index in [9.17, 15) is 10.2 Å². The van der Waals surface area contributed by atoms with Crippen LogP contribution in [0.25, 0.3) is 0 Å². The SMILES string of the molecule is Cc1ncc(CO)c(Oc2ccccc2CO)n1. The molecule has 0 aliphatic carbocycles.